The molecule has 0 aromatic heterocycles. The Morgan fingerprint density at radius 1 is 1.25 bits per heavy atom. The number of alkyl halides is 3. The van der Waals surface area contributed by atoms with Gasteiger partial charge in [-0.15, -0.1) is 0 Å². The summed E-state index contributed by atoms with van der Waals surface area (Å²) in [5, 5.41) is 14.4. The van der Waals surface area contributed by atoms with Crippen molar-refractivity contribution in [1.82, 2.24) is 5.01 Å². The van der Waals surface area contributed by atoms with Crippen LogP contribution in [0.3, 0.4) is 0 Å². The first-order valence-corrected chi connectivity index (χ1v) is 8.53. The van der Waals surface area contributed by atoms with E-state index in [1.165, 1.54) is 7.11 Å². The van der Waals surface area contributed by atoms with Gasteiger partial charge in [-0.1, -0.05) is 42.0 Å². The molecule has 1 heterocycles. The second kappa shape index (κ2) is 7.27. The van der Waals surface area contributed by atoms with Crippen LogP contribution in [0.2, 0.25) is 0 Å². The fourth-order valence-corrected chi connectivity index (χ4v) is 3.05. The van der Waals surface area contributed by atoms with Crippen molar-refractivity contribution in [3.05, 3.63) is 65.2 Å². The van der Waals surface area contributed by atoms with Crippen molar-refractivity contribution in [2.24, 2.45) is 5.10 Å². The first-order chi connectivity index (χ1) is 13.1. The molecule has 3 rings (SSSR count). The molecule has 0 saturated carbocycles. The maximum Gasteiger partial charge on any atom is 0.438 e. The maximum absolute atomic E-state index is 13.6. The number of ether oxygens (including phenoxy) is 1. The Morgan fingerprint density at radius 2 is 1.96 bits per heavy atom. The van der Waals surface area contributed by atoms with E-state index in [-0.39, 0.29) is 17.1 Å². The third kappa shape index (κ3) is 3.73. The van der Waals surface area contributed by atoms with Crippen molar-refractivity contribution in [1.29, 1.82) is 0 Å². The van der Waals surface area contributed by atoms with Crippen LogP contribution in [0.5, 0.6) is 5.75 Å². The highest BCUT2D eigenvalue weighted by atomic mass is 19.4. The molecule has 1 atom stereocenters. The van der Waals surface area contributed by atoms with Gasteiger partial charge in [0.2, 0.25) is 5.91 Å². The van der Waals surface area contributed by atoms with Gasteiger partial charge in [-0.2, -0.15) is 23.3 Å². The molecule has 8 heteroatoms. The monoisotopic (exact) mass is 392 g/mol. The first-order valence-electron chi connectivity index (χ1n) is 8.53. The second-order valence-electron chi connectivity index (χ2n) is 6.64. The number of halogens is 3. The summed E-state index contributed by atoms with van der Waals surface area (Å²) >= 11 is 0. The van der Waals surface area contributed by atoms with Crippen molar-refractivity contribution >= 4 is 11.6 Å². The predicted octanol–water partition coefficient (Wildman–Crippen LogP) is 3.43. The summed E-state index contributed by atoms with van der Waals surface area (Å²) in [7, 11) is 1.45. The van der Waals surface area contributed by atoms with Crippen LogP contribution in [-0.4, -0.2) is 40.7 Å². The molecule has 0 saturated heterocycles. The summed E-state index contributed by atoms with van der Waals surface area (Å²) < 4.78 is 46.0. The van der Waals surface area contributed by atoms with Gasteiger partial charge in [0.25, 0.3) is 5.72 Å². The molecule has 1 aliphatic heterocycles. The van der Waals surface area contributed by atoms with Gasteiger partial charge in [0.1, 0.15) is 5.75 Å². The SMILES string of the molecule is COc1cccc(CC(=O)N2N=C(c3cccc(C)c3)CC2(O)C(F)(F)F)c1. The Kier molecular flexibility index (Phi) is 5.16. The van der Waals surface area contributed by atoms with Gasteiger partial charge in [-0.3, -0.25) is 4.79 Å². The normalized spacial score (nSPS) is 19.5. The van der Waals surface area contributed by atoms with Crippen molar-refractivity contribution in [2.75, 3.05) is 7.11 Å². The van der Waals surface area contributed by atoms with Gasteiger partial charge in [-0.25, -0.2) is 0 Å². The lowest BCUT2D eigenvalue weighted by Crippen LogP contribution is -2.57. The molecule has 1 unspecified atom stereocenters. The maximum atomic E-state index is 13.6. The number of hydrogen-bond donors (Lipinski definition) is 1. The Balaban J connectivity index is 1.94. The Morgan fingerprint density at radius 3 is 2.61 bits per heavy atom. The van der Waals surface area contributed by atoms with Crippen molar-refractivity contribution < 1.29 is 27.8 Å². The van der Waals surface area contributed by atoms with Gasteiger partial charge >= 0.3 is 6.18 Å². The lowest BCUT2D eigenvalue weighted by molar-refractivity contribution is -0.302. The Labute approximate surface area is 160 Å². The molecule has 1 amide bonds. The molecule has 2 aromatic carbocycles. The summed E-state index contributed by atoms with van der Waals surface area (Å²) in [4.78, 5) is 12.6. The number of hydrazone groups is 1. The van der Waals surface area contributed by atoms with E-state index in [1.54, 1.807) is 55.5 Å². The summed E-state index contributed by atoms with van der Waals surface area (Å²) in [6.07, 6.45) is -6.25. The zero-order chi connectivity index (χ0) is 20.5. The largest absolute Gasteiger partial charge is 0.497 e. The number of methoxy groups -OCH3 is 1. The zero-order valence-electron chi connectivity index (χ0n) is 15.3. The molecular weight excluding hydrogens is 373 g/mol. The molecule has 2 aromatic rings. The van der Waals surface area contributed by atoms with E-state index in [2.05, 4.69) is 5.10 Å². The molecule has 148 valence electrons. The van der Waals surface area contributed by atoms with Crippen molar-refractivity contribution in [3.63, 3.8) is 0 Å². The number of aryl methyl sites for hydroxylation is 1. The molecule has 0 fully saturated rings. The lowest BCUT2D eigenvalue weighted by Gasteiger charge is -2.32. The average molecular weight is 392 g/mol. The summed E-state index contributed by atoms with van der Waals surface area (Å²) in [5.41, 5.74) is -1.67. The molecule has 1 N–H and O–H groups in total. The molecule has 0 aliphatic carbocycles. The smallest absolute Gasteiger partial charge is 0.438 e. The minimum Gasteiger partial charge on any atom is -0.497 e. The van der Waals surface area contributed by atoms with E-state index in [4.69, 9.17) is 4.74 Å². The number of rotatable bonds is 4. The first kappa shape index (κ1) is 19.9. The number of amides is 1. The minimum absolute atomic E-state index is 0.00233. The van der Waals surface area contributed by atoms with E-state index >= 15 is 0 Å². The van der Waals surface area contributed by atoms with Gasteiger partial charge in [-0.05, 0) is 30.2 Å². The topological polar surface area (TPSA) is 62.1 Å². The van der Waals surface area contributed by atoms with Gasteiger partial charge in [0, 0.05) is 0 Å². The van der Waals surface area contributed by atoms with E-state index in [9.17, 15) is 23.1 Å². The van der Waals surface area contributed by atoms with Crippen molar-refractivity contribution in [2.45, 2.75) is 31.7 Å². The highest BCUT2D eigenvalue weighted by Crippen LogP contribution is 2.41. The lowest BCUT2D eigenvalue weighted by atomic mass is 9.99. The highest BCUT2D eigenvalue weighted by molar-refractivity contribution is 6.03. The highest BCUT2D eigenvalue weighted by Gasteiger charge is 2.63. The van der Waals surface area contributed by atoms with Gasteiger partial charge in [0.15, 0.2) is 0 Å². The average Bonchev–Trinajstić information content (AvgIpc) is 3.01. The van der Waals surface area contributed by atoms with Crippen LogP contribution in [0.15, 0.2) is 53.6 Å². The standard InChI is InChI=1S/C20H19F3N2O3/c1-13-5-3-7-15(9-13)17-12-19(27,20(21,22)23)25(24-17)18(26)11-14-6-4-8-16(10-14)28-2/h3-10,27H,11-12H2,1-2H3. The second-order valence-corrected chi connectivity index (χ2v) is 6.64. The Hall–Kier alpha value is -2.87. The molecule has 5 nitrogen and oxygen atoms in total. The van der Waals surface area contributed by atoms with E-state index in [0.717, 1.165) is 5.56 Å². The molecule has 0 radical (unpaired) electrons. The number of aliphatic hydroxyl groups is 1. The molecule has 1 aliphatic rings. The third-order valence-electron chi connectivity index (χ3n) is 4.52. The summed E-state index contributed by atoms with van der Waals surface area (Å²) in [6.45, 7) is 1.79. The molecule has 0 spiro atoms. The van der Waals surface area contributed by atoms with E-state index in [1.807, 2.05) is 0 Å². The third-order valence-corrected chi connectivity index (χ3v) is 4.52. The van der Waals surface area contributed by atoms with Crippen LogP contribution < -0.4 is 4.74 Å². The molecule has 28 heavy (non-hydrogen) atoms. The zero-order valence-corrected chi connectivity index (χ0v) is 15.3. The van der Waals surface area contributed by atoms with Crippen LogP contribution in [0, 0.1) is 6.92 Å². The minimum atomic E-state index is -5.06. The van der Waals surface area contributed by atoms with Crippen LogP contribution in [-0.2, 0) is 11.2 Å². The summed E-state index contributed by atoms with van der Waals surface area (Å²) in [5.74, 6) is -0.488. The van der Waals surface area contributed by atoms with Crippen LogP contribution in [0.1, 0.15) is 23.1 Å². The summed E-state index contributed by atoms with van der Waals surface area (Å²) in [6, 6.07) is 13.2. The van der Waals surface area contributed by atoms with Crippen LogP contribution in [0.25, 0.3) is 0 Å². The quantitative estimate of drug-likeness (QED) is 0.867. The van der Waals surface area contributed by atoms with E-state index in [0.29, 0.717) is 16.9 Å². The number of hydrogen-bond acceptors (Lipinski definition) is 4. The fourth-order valence-electron chi connectivity index (χ4n) is 3.05. The molecule has 0 bridgehead atoms. The predicted molar refractivity (Wildman–Crippen MR) is 96.9 cm³/mol. The fraction of sp³-hybridized carbons (Fsp3) is 0.300. The van der Waals surface area contributed by atoms with Crippen LogP contribution in [0.4, 0.5) is 13.2 Å². The number of carbonyl (C=O) groups excluding carboxylic acids is 1. The van der Waals surface area contributed by atoms with Gasteiger partial charge < -0.3 is 9.84 Å². The number of carbonyl (C=O) groups is 1. The number of nitrogens with zero attached hydrogens (tertiary/aromatic N) is 2. The van der Waals surface area contributed by atoms with Gasteiger partial charge in [0.05, 0.1) is 25.7 Å². The molecular formula is C20H19F3N2O3. The Bertz CT molecular complexity index is 927. The van der Waals surface area contributed by atoms with E-state index < -0.39 is 24.2 Å². The van der Waals surface area contributed by atoms with Crippen LogP contribution >= 0.6 is 0 Å². The number of benzene rings is 2. The van der Waals surface area contributed by atoms with Crippen molar-refractivity contribution in [3.8, 4) is 5.75 Å².